The third-order valence-corrected chi connectivity index (χ3v) is 4.01. The molecule has 6 nitrogen and oxygen atoms in total. The number of nitrogens with zero attached hydrogens (tertiary/aromatic N) is 1. The SMILES string of the molecule is Nc1ccc([N+](=O)[O-])cc1C1(C(=O)O)CCC(F)(F)CC1. The first-order chi connectivity index (χ1) is 9.68. The van der Waals surface area contributed by atoms with Gasteiger partial charge < -0.3 is 10.8 Å². The predicted octanol–water partition coefficient (Wildman–Crippen LogP) is 2.71. The lowest BCUT2D eigenvalue weighted by molar-refractivity contribution is -0.384. The van der Waals surface area contributed by atoms with Crippen LogP contribution in [0.1, 0.15) is 31.2 Å². The minimum Gasteiger partial charge on any atom is -0.481 e. The van der Waals surface area contributed by atoms with Crippen LogP contribution in [-0.2, 0) is 10.2 Å². The highest BCUT2D eigenvalue weighted by atomic mass is 19.3. The zero-order chi connectivity index (χ0) is 15.8. The van der Waals surface area contributed by atoms with E-state index in [-0.39, 0.29) is 29.8 Å². The van der Waals surface area contributed by atoms with Gasteiger partial charge in [0.1, 0.15) is 0 Å². The number of anilines is 1. The molecular weight excluding hydrogens is 286 g/mol. The Kier molecular flexibility index (Phi) is 3.56. The number of carboxylic acid groups (broad SMARTS) is 1. The molecule has 1 saturated carbocycles. The first-order valence-corrected chi connectivity index (χ1v) is 6.34. The number of benzene rings is 1. The molecule has 0 heterocycles. The summed E-state index contributed by atoms with van der Waals surface area (Å²) in [5.41, 5.74) is 3.93. The molecule has 1 aromatic carbocycles. The number of nitro groups is 1. The lowest BCUT2D eigenvalue weighted by atomic mass is 9.68. The Bertz CT molecular complexity index is 594. The van der Waals surface area contributed by atoms with Crippen LogP contribution in [-0.4, -0.2) is 21.9 Å². The van der Waals surface area contributed by atoms with Crippen LogP contribution in [0.5, 0.6) is 0 Å². The zero-order valence-corrected chi connectivity index (χ0v) is 11.0. The van der Waals surface area contributed by atoms with Crippen LogP contribution in [0.25, 0.3) is 0 Å². The number of aliphatic carboxylic acids is 1. The molecule has 1 aliphatic carbocycles. The molecule has 21 heavy (non-hydrogen) atoms. The molecule has 0 spiro atoms. The van der Waals surface area contributed by atoms with Crippen LogP contribution < -0.4 is 5.73 Å². The number of nitrogens with two attached hydrogens (primary N) is 1. The van der Waals surface area contributed by atoms with Gasteiger partial charge in [0.15, 0.2) is 0 Å². The van der Waals surface area contributed by atoms with Crippen LogP contribution in [0.3, 0.4) is 0 Å². The summed E-state index contributed by atoms with van der Waals surface area (Å²) in [4.78, 5) is 21.8. The molecule has 2 rings (SSSR count). The van der Waals surface area contributed by atoms with Gasteiger partial charge in [-0.2, -0.15) is 0 Å². The number of alkyl halides is 2. The average Bonchev–Trinajstić information content (AvgIpc) is 2.39. The van der Waals surface area contributed by atoms with Crippen molar-refractivity contribution in [3.8, 4) is 0 Å². The molecule has 0 atom stereocenters. The van der Waals surface area contributed by atoms with Gasteiger partial charge in [0.2, 0.25) is 5.92 Å². The van der Waals surface area contributed by atoms with E-state index in [9.17, 15) is 28.8 Å². The Labute approximate surface area is 118 Å². The molecule has 0 unspecified atom stereocenters. The molecule has 0 amide bonds. The minimum absolute atomic E-state index is 0.0414. The summed E-state index contributed by atoms with van der Waals surface area (Å²) >= 11 is 0. The molecular formula is C13H14F2N2O4. The second-order valence-corrected chi connectivity index (χ2v) is 5.27. The van der Waals surface area contributed by atoms with Gasteiger partial charge in [0.05, 0.1) is 10.3 Å². The van der Waals surface area contributed by atoms with E-state index in [1.54, 1.807) is 0 Å². The molecule has 114 valence electrons. The maximum absolute atomic E-state index is 13.3. The Morgan fingerprint density at radius 1 is 1.29 bits per heavy atom. The van der Waals surface area contributed by atoms with Crippen LogP contribution in [0.2, 0.25) is 0 Å². The normalized spacial score (nSPS) is 19.9. The second-order valence-electron chi connectivity index (χ2n) is 5.27. The van der Waals surface area contributed by atoms with E-state index in [0.29, 0.717) is 0 Å². The van der Waals surface area contributed by atoms with Crippen molar-refractivity contribution in [1.29, 1.82) is 0 Å². The monoisotopic (exact) mass is 300 g/mol. The van der Waals surface area contributed by atoms with Crippen LogP contribution in [0.15, 0.2) is 18.2 Å². The summed E-state index contributed by atoms with van der Waals surface area (Å²) in [6.07, 6.45) is -1.77. The average molecular weight is 300 g/mol. The smallest absolute Gasteiger partial charge is 0.314 e. The molecule has 0 aliphatic heterocycles. The van der Waals surface area contributed by atoms with Crippen LogP contribution in [0.4, 0.5) is 20.2 Å². The lowest BCUT2D eigenvalue weighted by Crippen LogP contribution is -2.43. The van der Waals surface area contributed by atoms with Crippen molar-refractivity contribution in [3.05, 3.63) is 33.9 Å². The molecule has 3 N–H and O–H groups in total. The number of non-ortho nitro benzene ring substituents is 1. The van der Waals surface area contributed by atoms with Crippen LogP contribution in [0, 0.1) is 10.1 Å². The second kappa shape index (κ2) is 4.94. The largest absolute Gasteiger partial charge is 0.481 e. The van der Waals surface area contributed by atoms with Crippen molar-refractivity contribution in [2.45, 2.75) is 37.0 Å². The summed E-state index contributed by atoms with van der Waals surface area (Å²) in [6.45, 7) is 0. The number of nitro benzene ring substituents is 1. The zero-order valence-electron chi connectivity index (χ0n) is 11.0. The Hall–Kier alpha value is -2.25. The van der Waals surface area contributed by atoms with Crippen molar-refractivity contribution in [3.63, 3.8) is 0 Å². The molecule has 0 bridgehead atoms. The van der Waals surface area contributed by atoms with Gasteiger partial charge in [-0.25, -0.2) is 8.78 Å². The molecule has 8 heteroatoms. The Morgan fingerprint density at radius 3 is 2.33 bits per heavy atom. The highest BCUT2D eigenvalue weighted by molar-refractivity contribution is 5.84. The molecule has 0 saturated heterocycles. The molecule has 1 fully saturated rings. The highest BCUT2D eigenvalue weighted by Crippen LogP contribution is 2.47. The molecule has 0 aromatic heterocycles. The van der Waals surface area contributed by atoms with Gasteiger partial charge in [-0.05, 0) is 24.5 Å². The number of hydrogen-bond donors (Lipinski definition) is 2. The summed E-state index contributed by atoms with van der Waals surface area (Å²) in [5, 5.41) is 20.3. The number of hydrogen-bond acceptors (Lipinski definition) is 4. The van der Waals surface area contributed by atoms with E-state index in [0.717, 1.165) is 12.1 Å². The van der Waals surface area contributed by atoms with E-state index in [1.165, 1.54) is 6.07 Å². The Morgan fingerprint density at radius 2 is 1.86 bits per heavy atom. The fourth-order valence-electron chi connectivity index (χ4n) is 2.71. The maximum atomic E-state index is 13.3. The number of carbonyl (C=O) groups is 1. The fourth-order valence-corrected chi connectivity index (χ4v) is 2.71. The maximum Gasteiger partial charge on any atom is 0.314 e. The van der Waals surface area contributed by atoms with Gasteiger partial charge in [-0.1, -0.05) is 0 Å². The fraction of sp³-hybridized carbons (Fsp3) is 0.462. The third kappa shape index (κ3) is 2.65. The van der Waals surface area contributed by atoms with Crippen molar-refractivity contribution < 1.29 is 23.6 Å². The summed E-state index contributed by atoms with van der Waals surface area (Å²) < 4.78 is 26.6. The van der Waals surface area contributed by atoms with Crippen molar-refractivity contribution in [2.75, 3.05) is 5.73 Å². The summed E-state index contributed by atoms with van der Waals surface area (Å²) in [6, 6.07) is 3.48. The molecule has 0 radical (unpaired) electrons. The number of rotatable bonds is 3. The van der Waals surface area contributed by atoms with E-state index >= 15 is 0 Å². The van der Waals surface area contributed by atoms with E-state index in [4.69, 9.17) is 5.73 Å². The summed E-state index contributed by atoms with van der Waals surface area (Å²) in [5.74, 6) is -4.20. The van der Waals surface area contributed by atoms with E-state index < -0.39 is 35.1 Å². The highest BCUT2D eigenvalue weighted by Gasteiger charge is 2.50. The van der Waals surface area contributed by atoms with Gasteiger partial charge in [-0.15, -0.1) is 0 Å². The van der Waals surface area contributed by atoms with Gasteiger partial charge in [0, 0.05) is 30.7 Å². The first-order valence-electron chi connectivity index (χ1n) is 6.34. The summed E-state index contributed by atoms with van der Waals surface area (Å²) in [7, 11) is 0. The molecule has 1 aliphatic rings. The van der Waals surface area contributed by atoms with Crippen molar-refractivity contribution in [1.82, 2.24) is 0 Å². The predicted molar refractivity (Wildman–Crippen MR) is 70.2 cm³/mol. The Balaban J connectivity index is 2.51. The van der Waals surface area contributed by atoms with Crippen molar-refractivity contribution >= 4 is 17.3 Å². The third-order valence-electron chi connectivity index (χ3n) is 4.01. The van der Waals surface area contributed by atoms with Crippen LogP contribution >= 0.6 is 0 Å². The topological polar surface area (TPSA) is 106 Å². The van der Waals surface area contributed by atoms with Gasteiger partial charge in [0.25, 0.3) is 5.69 Å². The number of nitrogen functional groups attached to an aromatic ring is 1. The van der Waals surface area contributed by atoms with E-state index in [2.05, 4.69) is 0 Å². The van der Waals surface area contributed by atoms with E-state index in [1.807, 2.05) is 0 Å². The quantitative estimate of drug-likeness (QED) is 0.507. The minimum atomic E-state index is -2.91. The number of carboxylic acids is 1. The molecule has 1 aromatic rings. The van der Waals surface area contributed by atoms with Crippen molar-refractivity contribution in [2.24, 2.45) is 0 Å². The number of halogens is 2. The lowest BCUT2D eigenvalue weighted by Gasteiger charge is -2.37. The van der Waals surface area contributed by atoms with Gasteiger partial charge >= 0.3 is 5.97 Å². The first kappa shape index (κ1) is 15.1. The standard InChI is InChI=1S/C13H14F2N2O4/c14-13(15)5-3-12(4-6-13,11(18)19)9-7-8(17(20)21)1-2-10(9)16/h1-2,7H,3-6,16H2,(H,18,19). The van der Waals surface area contributed by atoms with Gasteiger partial charge in [-0.3, -0.25) is 14.9 Å².